The standard InChI is InChI=1S/C22H22ClN5O5S/c1-11(2)10-24-28-14-6-4-3-5-12(14)19(29)17(22(28)30)21-25-13-7-8-15-18(26-16(9-23)33-15)20(13)34(31,32)27-21/h3-8,11,24,29,31-32H,9-10H2,1-2H3,(H,25,27). The molecule has 5 rings (SSSR count). The lowest BCUT2D eigenvalue weighted by molar-refractivity contribution is 0.478. The van der Waals surface area contributed by atoms with E-state index in [2.05, 4.69) is 20.1 Å². The number of oxazole rings is 1. The molecule has 0 spiro atoms. The summed E-state index contributed by atoms with van der Waals surface area (Å²) in [5.41, 5.74) is 3.60. The number of alkyl halides is 1. The monoisotopic (exact) mass is 503 g/mol. The fourth-order valence-corrected chi connectivity index (χ4v) is 5.27. The van der Waals surface area contributed by atoms with Crippen molar-refractivity contribution < 1.29 is 18.6 Å². The molecule has 0 atom stereocenters. The summed E-state index contributed by atoms with van der Waals surface area (Å²) in [4.78, 5) is 17.8. The Labute approximate surface area is 200 Å². The van der Waals surface area contributed by atoms with E-state index in [4.69, 9.17) is 16.0 Å². The van der Waals surface area contributed by atoms with Gasteiger partial charge in [0.1, 0.15) is 21.7 Å². The van der Waals surface area contributed by atoms with Gasteiger partial charge < -0.3 is 20.3 Å². The topological polar surface area (TPSA) is 145 Å². The van der Waals surface area contributed by atoms with Crippen LogP contribution in [-0.4, -0.2) is 36.3 Å². The lowest BCUT2D eigenvalue weighted by atomic mass is 10.1. The fourth-order valence-electron chi connectivity index (χ4n) is 3.85. The molecule has 5 N–H and O–H groups in total. The SMILES string of the molecule is CC(C)CNn1c(=O)c(C2=NS(O)(O)c3c(ccc4oc(CCl)nc34)N2)c(O)c2ccccc21. The van der Waals surface area contributed by atoms with Crippen molar-refractivity contribution in [3.8, 4) is 5.75 Å². The highest BCUT2D eigenvalue weighted by atomic mass is 35.5. The summed E-state index contributed by atoms with van der Waals surface area (Å²) in [5, 5.41) is 14.4. The zero-order valence-electron chi connectivity index (χ0n) is 18.2. The number of hydrogen-bond acceptors (Lipinski definition) is 9. The van der Waals surface area contributed by atoms with E-state index in [1.807, 2.05) is 13.8 Å². The second-order valence-corrected chi connectivity index (χ2v) is 10.1. The van der Waals surface area contributed by atoms with Crippen LogP contribution < -0.4 is 16.3 Å². The molecule has 0 radical (unpaired) electrons. The van der Waals surface area contributed by atoms with E-state index in [-0.39, 0.29) is 50.9 Å². The van der Waals surface area contributed by atoms with Crippen molar-refractivity contribution in [1.29, 1.82) is 0 Å². The first-order valence-corrected chi connectivity index (χ1v) is 12.5. The van der Waals surface area contributed by atoms with Crippen LogP contribution in [0.4, 0.5) is 5.69 Å². The van der Waals surface area contributed by atoms with Gasteiger partial charge in [-0.25, -0.2) is 9.66 Å². The summed E-state index contributed by atoms with van der Waals surface area (Å²) in [6.07, 6.45) is 0. The molecular weight excluding hydrogens is 482 g/mol. The van der Waals surface area contributed by atoms with Crippen molar-refractivity contribution >= 4 is 55.9 Å². The molecule has 3 heterocycles. The molecule has 178 valence electrons. The van der Waals surface area contributed by atoms with Crippen LogP contribution in [0, 0.1) is 5.92 Å². The first-order valence-electron chi connectivity index (χ1n) is 10.5. The van der Waals surface area contributed by atoms with Gasteiger partial charge in [0, 0.05) is 11.9 Å². The molecule has 34 heavy (non-hydrogen) atoms. The molecule has 0 amide bonds. The Balaban J connectivity index is 1.72. The van der Waals surface area contributed by atoms with E-state index >= 15 is 0 Å². The number of fused-ring (bicyclic) bond motifs is 4. The predicted molar refractivity (Wildman–Crippen MR) is 134 cm³/mol. The summed E-state index contributed by atoms with van der Waals surface area (Å²) in [6, 6.07) is 10.0. The van der Waals surface area contributed by atoms with Gasteiger partial charge in [-0.2, -0.15) is 0 Å². The minimum absolute atomic E-state index is 0.0124. The maximum absolute atomic E-state index is 13.5. The summed E-state index contributed by atoms with van der Waals surface area (Å²) in [6.45, 7) is 4.50. The molecule has 10 nitrogen and oxygen atoms in total. The third-order valence-electron chi connectivity index (χ3n) is 5.37. The Morgan fingerprint density at radius 1 is 1.24 bits per heavy atom. The van der Waals surface area contributed by atoms with Gasteiger partial charge in [-0.15, -0.1) is 16.0 Å². The van der Waals surface area contributed by atoms with Gasteiger partial charge in [0.05, 0.1) is 17.1 Å². The van der Waals surface area contributed by atoms with Crippen molar-refractivity contribution in [2.24, 2.45) is 10.3 Å². The number of nitrogens with zero attached hydrogens (tertiary/aromatic N) is 3. The number of hydrogen-bond donors (Lipinski definition) is 5. The zero-order chi connectivity index (χ0) is 24.2. The average molecular weight is 504 g/mol. The molecular formula is C22H22ClN5O5S. The van der Waals surface area contributed by atoms with Gasteiger partial charge >= 0.3 is 0 Å². The van der Waals surface area contributed by atoms with Crippen molar-refractivity contribution in [3.05, 3.63) is 58.2 Å². The number of halogens is 1. The Kier molecular flexibility index (Phi) is 5.44. The number of amidine groups is 1. The van der Waals surface area contributed by atoms with Crippen LogP contribution >= 0.6 is 22.4 Å². The third kappa shape index (κ3) is 3.57. The number of aromatic nitrogens is 2. The van der Waals surface area contributed by atoms with E-state index in [0.29, 0.717) is 23.0 Å². The number of anilines is 1. The van der Waals surface area contributed by atoms with Gasteiger partial charge in [-0.1, -0.05) is 36.8 Å². The van der Waals surface area contributed by atoms with E-state index < -0.39 is 16.3 Å². The normalized spacial score (nSPS) is 15.8. The number of pyridine rings is 1. The van der Waals surface area contributed by atoms with Gasteiger partial charge in [0.2, 0.25) is 5.89 Å². The molecule has 2 aromatic carbocycles. The van der Waals surface area contributed by atoms with E-state index in [1.165, 1.54) is 4.68 Å². The van der Waals surface area contributed by atoms with Gasteiger partial charge in [-0.3, -0.25) is 13.9 Å². The number of nitrogens with one attached hydrogen (secondary N) is 2. The fraction of sp³-hybridized carbons (Fsp3) is 0.227. The van der Waals surface area contributed by atoms with Crippen molar-refractivity contribution in [2.75, 3.05) is 17.3 Å². The number of benzene rings is 2. The lowest BCUT2D eigenvalue weighted by Gasteiger charge is -2.34. The predicted octanol–water partition coefficient (Wildman–Crippen LogP) is 4.68. The highest BCUT2D eigenvalue weighted by molar-refractivity contribution is 8.23. The Hall–Kier alpha value is -3.25. The molecule has 0 saturated heterocycles. The number of aromatic hydroxyl groups is 1. The Morgan fingerprint density at radius 3 is 2.74 bits per heavy atom. The molecule has 4 aromatic rings. The summed E-state index contributed by atoms with van der Waals surface area (Å²) >= 11 is 5.81. The second kappa shape index (κ2) is 8.20. The second-order valence-electron chi connectivity index (χ2n) is 8.25. The number of rotatable bonds is 5. The van der Waals surface area contributed by atoms with Crippen molar-refractivity contribution in [1.82, 2.24) is 9.66 Å². The summed E-state index contributed by atoms with van der Waals surface area (Å²) in [7, 11) is -3.81. The average Bonchev–Trinajstić information content (AvgIpc) is 3.21. The molecule has 0 unspecified atom stereocenters. The Morgan fingerprint density at radius 2 is 2.00 bits per heavy atom. The molecule has 0 bridgehead atoms. The molecule has 12 heteroatoms. The maximum atomic E-state index is 13.5. The van der Waals surface area contributed by atoms with Crippen LogP contribution in [0.2, 0.25) is 0 Å². The Bertz CT molecular complexity index is 1530. The lowest BCUT2D eigenvalue weighted by Crippen LogP contribution is -2.37. The highest BCUT2D eigenvalue weighted by Gasteiger charge is 2.33. The highest BCUT2D eigenvalue weighted by Crippen LogP contribution is 2.58. The van der Waals surface area contributed by atoms with Gasteiger partial charge in [0.25, 0.3) is 5.56 Å². The summed E-state index contributed by atoms with van der Waals surface area (Å²) in [5.74, 6) is -0.00402. The molecule has 1 aliphatic heterocycles. The minimum atomic E-state index is -3.81. The zero-order valence-corrected chi connectivity index (χ0v) is 19.8. The maximum Gasteiger partial charge on any atom is 0.284 e. The van der Waals surface area contributed by atoms with E-state index in [9.17, 15) is 19.0 Å². The van der Waals surface area contributed by atoms with Crippen molar-refractivity contribution in [2.45, 2.75) is 24.6 Å². The van der Waals surface area contributed by atoms with E-state index in [0.717, 1.165) is 0 Å². The van der Waals surface area contributed by atoms with Crippen LogP contribution in [0.3, 0.4) is 0 Å². The molecule has 0 aliphatic carbocycles. The molecule has 1 aliphatic rings. The largest absolute Gasteiger partial charge is 0.506 e. The first-order chi connectivity index (χ1) is 16.2. The molecule has 0 fully saturated rings. The first kappa shape index (κ1) is 22.5. The van der Waals surface area contributed by atoms with E-state index in [1.54, 1.807) is 36.4 Å². The quantitative estimate of drug-likeness (QED) is 0.247. The smallest absolute Gasteiger partial charge is 0.284 e. The number of para-hydroxylation sites is 1. The minimum Gasteiger partial charge on any atom is -0.506 e. The third-order valence-corrected chi connectivity index (χ3v) is 6.99. The van der Waals surface area contributed by atoms with Crippen LogP contribution in [0.15, 0.2) is 54.9 Å². The van der Waals surface area contributed by atoms with Crippen molar-refractivity contribution in [3.63, 3.8) is 0 Å². The van der Waals surface area contributed by atoms with Crippen LogP contribution in [0.5, 0.6) is 5.75 Å². The van der Waals surface area contributed by atoms with Crippen LogP contribution in [0.1, 0.15) is 25.3 Å². The van der Waals surface area contributed by atoms with Crippen LogP contribution in [-0.2, 0) is 5.88 Å². The molecule has 0 saturated carbocycles. The summed E-state index contributed by atoms with van der Waals surface area (Å²) < 4.78 is 32.8. The van der Waals surface area contributed by atoms with Gasteiger partial charge in [0.15, 0.2) is 11.4 Å². The van der Waals surface area contributed by atoms with Gasteiger partial charge in [-0.05, 0) is 30.2 Å². The van der Waals surface area contributed by atoms with Crippen LogP contribution in [0.25, 0.3) is 22.0 Å². The molecule has 2 aromatic heterocycles.